The number of fused-ring (bicyclic) bond motifs is 1. The second-order valence-electron chi connectivity index (χ2n) is 8.63. The van der Waals surface area contributed by atoms with Gasteiger partial charge in [-0.3, -0.25) is 4.79 Å². The Labute approximate surface area is 185 Å². The first-order valence-electron chi connectivity index (χ1n) is 10.7. The number of hydrogen-bond acceptors (Lipinski definition) is 5. The van der Waals surface area contributed by atoms with Crippen molar-refractivity contribution in [1.29, 1.82) is 0 Å². The number of benzene rings is 2. The molecule has 0 aliphatic carbocycles. The molecule has 3 rings (SSSR count). The quantitative estimate of drug-likeness (QED) is 0.526. The van der Waals surface area contributed by atoms with Crippen molar-refractivity contribution in [1.82, 2.24) is 5.43 Å². The Balaban J connectivity index is 1.76. The highest BCUT2D eigenvalue weighted by molar-refractivity contribution is 5.87. The topological polar surface area (TPSA) is 63.2 Å². The van der Waals surface area contributed by atoms with E-state index in [0.717, 1.165) is 35.6 Å². The highest BCUT2D eigenvalue weighted by atomic mass is 16.5. The van der Waals surface area contributed by atoms with Crippen molar-refractivity contribution in [2.45, 2.75) is 52.0 Å². The molecule has 1 amide bonds. The van der Waals surface area contributed by atoms with Gasteiger partial charge in [-0.2, -0.15) is 5.10 Å². The van der Waals surface area contributed by atoms with Gasteiger partial charge in [0.25, 0.3) is 0 Å². The first-order valence-corrected chi connectivity index (χ1v) is 10.7. The van der Waals surface area contributed by atoms with Gasteiger partial charge in [0.1, 0.15) is 11.5 Å². The van der Waals surface area contributed by atoms with Crippen LogP contribution in [0.2, 0.25) is 0 Å². The number of carbonyl (C=O) groups is 1. The number of nitrogens with one attached hydrogen (secondary N) is 1. The number of hydrazone groups is 1. The van der Waals surface area contributed by atoms with Gasteiger partial charge in [-0.05, 0) is 62.4 Å². The van der Waals surface area contributed by atoms with Gasteiger partial charge in [0.15, 0.2) is 0 Å². The Kier molecular flexibility index (Phi) is 6.88. The SMILES string of the molecule is CCN1c2cc(OC)c(/C=N/NC(=O)Cc3ccc(OC)cc3)cc2C(C)CC1(C)C. The molecule has 0 aromatic heterocycles. The number of methoxy groups -OCH3 is 2. The molecule has 6 heteroatoms. The first kappa shape index (κ1) is 22.7. The molecular formula is C25H33N3O3. The van der Waals surface area contributed by atoms with E-state index in [0.29, 0.717) is 5.92 Å². The van der Waals surface area contributed by atoms with Crippen molar-refractivity contribution >= 4 is 17.8 Å². The van der Waals surface area contributed by atoms with Crippen LogP contribution in [0.15, 0.2) is 41.5 Å². The van der Waals surface area contributed by atoms with Crippen LogP contribution in [0.5, 0.6) is 11.5 Å². The molecule has 0 spiro atoms. The normalized spacial score (nSPS) is 17.4. The number of anilines is 1. The number of hydrogen-bond donors (Lipinski definition) is 1. The van der Waals surface area contributed by atoms with E-state index in [2.05, 4.69) is 55.3 Å². The highest BCUT2D eigenvalue weighted by Crippen LogP contribution is 2.45. The largest absolute Gasteiger partial charge is 0.497 e. The number of carbonyl (C=O) groups excluding carboxylic acids is 1. The molecule has 2 aromatic carbocycles. The summed E-state index contributed by atoms with van der Waals surface area (Å²) in [5.41, 5.74) is 6.96. The van der Waals surface area contributed by atoms with Gasteiger partial charge < -0.3 is 14.4 Å². The summed E-state index contributed by atoms with van der Waals surface area (Å²) < 4.78 is 10.8. The fourth-order valence-electron chi connectivity index (χ4n) is 4.55. The highest BCUT2D eigenvalue weighted by Gasteiger charge is 2.36. The molecule has 1 heterocycles. The van der Waals surface area contributed by atoms with E-state index in [1.54, 1.807) is 20.4 Å². The van der Waals surface area contributed by atoms with E-state index in [4.69, 9.17) is 9.47 Å². The summed E-state index contributed by atoms with van der Waals surface area (Å²) in [5, 5.41) is 4.18. The van der Waals surface area contributed by atoms with Crippen LogP contribution < -0.4 is 19.8 Å². The van der Waals surface area contributed by atoms with E-state index in [1.165, 1.54) is 11.3 Å². The molecule has 0 saturated heterocycles. The third-order valence-corrected chi connectivity index (χ3v) is 5.97. The van der Waals surface area contributed by atoms with Gasteiger partial charge in [-0.15, -0.1) is 0 Å². The Hall–Kier alpha value is -3.02. The number of nitrogens with zero attached hydrogens (tertiary/aromatic N) is 2. The zero-order valence-corrected chi connectivity index (χ0v) is 19.4. The van der Waals surface area contributed by atoms with E-state index in [-0.39, 0.29) is 17.9 Å². The molecule has 0 bridgehead atoms. The fraction of sp³-hybridized carbons (Fsp3) is 0.440. The third-order valence-electron chi connectivity index (χ3n) is 5.97. The molecule has 6 nitrogen and oxygen atoms in total. The second-order valence-corrected chi connectivity index (χ2v) is 8.63. The Bertz CT molecular complexity index is 951. The summed E-state index contributed by atoms with van der Waals surface area (Å²) in [7, 11) is 3.28. The zero-order valence-electron chi connectivity index (χ0n) is 19.4. The molecule has 31 heavy (non-hydrogen) atoms. The lowest BCUT2D eigenvalue weighted by atomic mass is 9.79. The van der Waals surface area contributed by atoms with E-state index < -0.39 is 0 Å². The Morgan fingerprint density at radius 3 is 2.55 bits per heavy atom. The van der Waals surface area contributed by atoms with Crippen LogP contribution in [0.3, 0.4) is 0 Å². The summed E-state index contributed by atoms with van der Waals surface area (Å²) in [6.45, 7) is 9.95. The summed E-state index contributed by atoms with van der Waals surface area (Å²) in [6.07, 6.45) is 2.99. The molecular weight excluding hydrogens is 390 g/mol. The zero-order chi connectivity index (χ0) is 22.6. The van der Waals surface area contributed by atoms with Crippen molar-refractivity contribution in [3.05, 3.63) is 53.1 Å². The van der Waals surface area contributed by atoms with Crippen LogP contribution in [0.25, 0.3) is 0 Å². The molecule has 1 N–H and O–H groups in total. The summed E-state index contributed by atoms with van der Waals surface area (Å²) in [6, 6.07) is 11.7. The summed E-state index contributed by atoms with van der Waals surface area (Å²) in [4.78, 5) is 14.7. The standard InChI is InChI=1S/C25H33N3O3/c1-7-28-22-14-23(31-6)19(13-21(22)17(2)15-25(28,3)4)16-26-27-24(29)12-18-8-10-20(30-5)11-9-18/h8-11,13-14,16-17H,7,12,15H2,1-6H3,(H,27,29)/b26-16+. The molecule has 0 fully saturated rings. The summed E-state index contributed by atoms with van der Waals surface area (Å²) in [5.74, 6) is 1.76. The molecule has 2 aromatic rings. The molecule has 0 saturated carbocycles. The predicted octanol–water partition coefficient (Wildman–Crippen LogP) is 4.51. The Morgan fingerprint density at radius 2 is 1.94 bits per heavy atom. The van der Waals surface area contributed by atoms with Crippen LogP contribution in [0.4, 0.5) is 5.69 Å². The Morgan fingerprint density at radius 1 is 1.23 bits per heavy atom. The molecule has 1 aliphatic rings. The first-order chi connectivity index (χ1) is 14.8. The van der Waals surface area contributed by atoms with Gasteiger partial charge in [0.2, 0.25) is 5.91 Å². The molecule has 0 radical (unpaired) electrons. The maximum absolute atomic E-state index is 12.3. The van der Waals surface area contributed by atoms with Gasteiger partial charge in [0, 0.05) is 29.4 Å². The van der Waals surface area contributed by atoms with Gasteiger partial charge >= 0.3 is 0 Å². The lowest BCUT2D eigenvalue weighted by molar-refractivity contribution is -0.120. The number of rotatable bonds is 7. The van der Waals surface area contributed by atoms with Crippen LogP contribution in [-0.4, -0.2) is 38.4 Å². The van der Waals surface area contributed by atoms with Crippen molar-refractivity contribution in [2.24, 2.45) is 5.10 Å². The van der Waals surface area contributed by atoms with Crippen molar-refractivity contribution in [3.8, 4) is 11.5 Å². The van der Waals surface area contributed by atoms with Crippen LogP contribution in [0.1, 0.15) is 56.7 Å². The molecule has 1 aliphatic heterocycles. The van der Waals surface area contributed by atoms with E-state index in [1.807, 2.05) is 24.3 Å². The average Bonchev–Trinajstić information content (AvgIpc) is 2.73. The van der Waals surface area contributed by atoms with Crippen molar-refractivity contribution in [3.63, 3.8) is 0 Å². The fourth-order valence-corrected chi connectivity index (χ4v) is 4.55. The minimum absolute atomic E-state index is 0.0945. The maximum atomic E-state index is 12.3. The smallest absolute Gasteiger partial charge is 0.244 e. The van der Waals surface area contributed by atoms with E-state index in [9.17, 15) is 4.79 Å². The second kappa shape index (κ2) is 9.41. The van der Waals surface area contributed by atoms with Crippen LogP contribution in [0, 0.1) is 0 Å². The van der Waals surface area contributed by atoms with Crippen LogP contribution >= 0.6 is 0 Å². The van der Waals surface area contributed by atoms with Gasteiger partial charge in [-0.1, -0.05) is 19.1 Å². The monoisotopic (exact) mass is 423 g/mol. The van der Waals surface area contributed by atoms with Gasteiger partial charge in [0.05, 0.1) is 26.9 Å². The molecule has 1 unspecified atom stereocenters. The molecule has 166 valence electrons. The average molecular weight is 424 g/mol. The lowest BCUT2D eigenvalue weighted by Gasteiger charge is -2.47. The van der Waals surface area contributed by atoms with Gasteiger partial charge in [-0.25, -0.2) is 5.43 Å². The minimum Gasteiger partial charge on any atom is -0.497 e. The summed E-state index contributed by atoms with van der Waals surface area (Å²) >= 11 is 0. The minimum atomic E-state index is -0.175. The van der Waals surface area contributed by atoms with Crippen LogP contribution in [-0.2, 0) is 11.2 Å². The third kappa shape index (κ3) is 5.01. The van der Waals surface area contributed by atoms with Crippen molar-refractivity contribution < 1.29 is 14.3 Å². The maximum Gasteiger partial charge on any atom is 0.244 e. The van der Waals surface area contributed by atoms with Crippen molar-refractivity contribution in [2.75, 3.05) is 25.7 Å². The lowest BCUT2D eigenvalue weighted by Crippen LogP contribution is -2.48. The number of ether oxygens (including phenoxy) is 2. The van der Waals surface area contributed by atoms with E-state index >= 15 is 0 Å². The predicted molar refractivity (Wildman–Crippen MR) is 126 cm³/mol. The molecule has 1 atom stereocenters. The number of amides is 1.